The van der Waals surface area contributed by atoms with E-state index in [1.807, 2.05) is 30.3 Å². The summed E-state index contributed by atoms with van der Waals surface area (Å²) in [4.78, 5) is 0. The van der Waals surface area contributed by atoms with Crippen LogP contribution in [0.4, 0.5) is 0 Å². The lowest BCUT2D eigenvalue weighted by Gasteiger charge is -2.32. The van der Waals surface area contributed by atoms with Crippen LogP contribution in [-0.2, 0) is 11.3 Å². The van der Waals surface area contributed by atoms with Crippen molar-refractivity contribution in [3.8, 4) is 0 Å². The van der Waals surface area contributed by atoms with Gasteiger partial charge in [-0.2, -0.15) is 0 Å². The Kier molecular flexibility index (Phi) is 6.64. The molecule has 4 heteroatoms. The van der Waals surface area contributed by atoms with E-state index in [4.69, 9.17) is 4.74 Å². The topological polar surface area (TPSA) is 61.7 Å². The predicted molar refractivity (Wildman–Crippen MR) is 83.0 cm³/mol. The number of aliphatic hydroxyl groups is 2. The van der Waals surface area contributed by atoms with Crippen molar-refractivity contribution in [3.63, 3.8) is 0 Å². The van der Waals surface area contributed by atoms with E-state index < -0.39 is 11.7 Å². The fourth-order valence-electron chi connectivity index (χ4n) is 2.80. The maximum atomic E-state index is 10.3. The maximum Gasteiger partial charge on any atom is 0.0897 e. The SMILES string of the molecule is OC(CNCC1(O)CCCCC1)COCc1ccccc1. The highest BCUT2D eigenvalue weighted by Gasteiger charge is 2.28. The second-order valence-corrected chi connectivity index (χ2v) is 6.07. The van der Waals surface area contributed by atoms with Gasteiger partial charge < -0.3 is 20.3 Å². The number of benzene rings is 1. The number of ether oxygens (including phenoxy) is 1. The predicted octanol–water partition coefficient (Wildman–Crippen LogP) is 1.85. The molecular weight excluding hydrogens is 266 g/mol. The lowest BCUT2D eigenvalue weighted by molar-refractivity contribution is -0.00386. The van der Waals surface area contributed by atoms with Gasteiger partial charge in [-0.3, -0.25) is 0 Å². The Morgan fingerprint density at radius 1 is 1.14 bits per heavy atom. The van der Waals surface area contributed by atoms with E-state index in [0.717, 1.165) is 31.2 Å². The number of hydrogen-bond acceptors (Lipinski definition) is 4. The molecule has 0 amide bonds. The third-order valence-corrected chi connectivity index (χ3v) is 4.04. The second-order valence-electron chi connectivity index (χ2n) is 6.07. The summed E-state index contributed by atoms with van der Waals surface area (Å²) in [7, 11) is 0. The summed E-state index contributed by atoms with van der Waals surface area (Å²) in [5.74, 6) is 0. The molecule has 1 aromatic rings. The zero-order chi connectivity index (χ0) is 15.0. The largest absolute Gasteiger partial charge is 0.389 e. The lowest BCUT2D eigenvalue weighted by atomic mass is 9.85. The molecule has 1 unspecified atom stereocenters. The van der Waals surface area contributed by atoms with E-state index in [-0.39, 0.29) is 0 Å². The number of rotatable bonds is 8. The molecule has 0 spiro atoms. The molecule has 4 nitrogen and oxygen atoms in total. The van der Waals surface area contributed by atoms with E-state index in [1.54, 1.807) is 0 Å². The van der Waals surface area contributed by atoms with Crippen molar-refractivity contribution in [1.82, 2.24) is 5.32 Å². The van der Waals surface area contributed by atoms with E-state index in [0.29, 0.717) is 26.3 Å². The third kappa shape index (κ3) is 6.14. The van der Waals surface area contributed by atoms with Crippen LogP contribution in [0.15, 0.2) is 30.3 Å². The molecule has 3 N–H and O–H groups in total. The van der Waals surface area contributed by atoms with Crippen LogP contribution in [0.2, 0.25) is 0 Å². The van der Waals surface area contributed by atoms with Gasteiger partial charge in [0.1, 0.15) is 0 Å². The first-order valence-corrected chi connectivity index (χ1v) is 7.91. The minimum atomic E-state index is -0.580. The molecule has 118 valence electrons. The molecule has 1 fully saturated rings. The summed E-state index contributed by atoms with van der Waals surface area (Å²) >= 11 is 0. The summed E-state index contributed by atoms with van der Waals surface area (Å²) in [5, 5.41) is 23.4. The number of nitrogens with one attached hydrogen (secondary N) is 1. The van der Waals surface area contributed by atoms with Gasteiger partial charge in [-0.15, -0.1) is 0 Å². The summed E-state index contributed by atoms with van der Waals surface area (Å²) in [6, 6.07) is 9.92. The quantitative estimate of drug-likeness (QED) is 0.684. The van der Waals surface area contributed by atoms with Crippen molar-refractivity contribution in [3.05, 3.63) is 35.9 Å². The standard InChI is InChI=1S/C17H27NO3/c19-16(13-21-12-15-7-3-1-4-8-15)11-18-14-17(20)9-5-2-6-10-17/h1,3-4,7-8,16,18-20H,2,5-6,9-14H2. The Bertz CT molecular complexity index is 390. The molecule has 1 aliphatic carbocycles. The first-order chi connectivity index (χ1) is 10.2. The monoisotopic (exact) mass is 293 g/mol. The van der Waals surface area contributed by atoms with Crippen molar-refractivity contribution in [2.45, 2.75) is 50.4 Å². The van der Waals surface area contributed by atoms with Crippen LogP contribution in [0, 0.1) is 0 Å². The van der Waals surface area contributed by atoms with Crippen molar-refractivity contribution in [2.75, 3.05) is 19.7 Å². The average Bonchev–Trinajstić information content (AvgIpc) is 2.49. The molecule has 1 atom stereocenters. The molecule has 1 aromatic carbocycles. The van der Waals surface area contributed by atoms with Gasteiger partial charge in [0.05, 0.1) is 24.9 Å². The number of hydrogen-bond donors (Lipinski definition) is 3. The Labute approximate surface area is 127 Å². The van der Waals surface area contributed by atoms with Gasteiger partial charge >= 0.3 is 0 Å². The zero-order valence-corrected chi connectivity index (χ0v) is 12.6. The normalized spacial score (nSPS) is 19.3. The fraction of sp³-hybridized carbons (Fsp3) is 0.647. The van der Waals surface area contributed by atoms with Crippen molar-refractivity contribution in [1.29, 1.82) is 0 Å². The van der Waals surface area contributed by atoms with Crippen molar-refractivity contribution >= 4 is 0 Å². The smallest absolute Gasteiger partial charge is 0.0897 e. The molecular formula is C17H27NO3. The van der Waals surface area contributed by atoms with Crippen molar-refractivity contribution < 1.29 is 14.9 Å². The zero-order valence-electron chi connectivity index (χ0n) is 12.6. The summed E-state index contributed by atoms with van der Waals surface area (Å²) < 4.78 is 5.50. The highest BCUT2D eigenvalue weighted by Crippen LogP contribution is 2.27. The molecule has 2 rings (SSSR count). The molecule has 21 heavy (non-hydrogen) atoms. The molecule has 0 saturated heterocycles. The molecule has 0 aliphatic heterocycles. The Morgan fingerprint density at radius 2 is 1.86 bits per heavy atom. The Hall–Kier alpha value is -0.940. The molecule has 0 radical (unpaired) electrons. The van der Waals surface area contributed by atoms with Crippen LogP contribution in [0.3, 0.4) is 0 Å². The Morgan fingerprint density at radius 3 is 2.57 bits per heavy atom. The van der Waals surface area contributed by atoms with E-state index in [2.05, 4.69) is 5.32 Å². The minimum Gasteiger partial charge on any atom is -0.389 e. The van der Waals surface area contributed by atoms with E-state index in [1.165, 1.54) is 6.42 Å². The highest BCUT2D eigenvalue weighted by molar-refractivity contribution is 5.13. The average molecular weight is 293 g/mol. The van der Waals surface area contributed by atoms with E-state index >= 15 is 0 Å². The van der Waals surface area contributed by atoms with Crippen LogP contribution in [0.25, 0.3) is 0 Å². The Balaban J connectivity index is 1.56. The fourth-order valence-corrected chi connectivity index (χ4v) is 2.80. The second kappa shape index (κ2) is 8.49. The molecule has 1 aliphatic rings. The first kappa shape index (κ1) is 16.4. The van der Waals surface area contributed by atoms with Gasteiger partial charge in [0.2, 0.25) is 0 Å². The summed E-state index contributed by atoms with van der Waals surface area (Å²) in [5.41, 5.74) is 0.525. The van der Waals surface area contributed by atoms with Crippen LogP contribution in [-0.4, -0.2) is 41.6 Å². The van der Waals surface area contributed by atoms with Gasteiger partial charge in [0, 0.05) is 13.1 Å². The van der Waals surface area contributed by atoms with Gasteiger partial charge in [0.15, 0.2) is 0 Å². The van der Waals surface area contributed by atoms with Crippen LogP contribution in [0.5, 0.6) is 0 Å². The minimum absolute atomic E-state index is 0.306. The lowest BCUT2D eigenvalue weighted by Crippen LogP contribution is -2.44. The van der Waals surface area contributed by atoms with Gasteiger partial charge in [-0.1, -0.05) is 49.6 Å². The van der Waals surface area contributed by atoms with Crippen LogP contribution < -0.4 is 5.32 Å². The maximum absolute atomic E-state index is 10.3. The molecule has 0 bridgehead atoms. The van der Waals surface area contributed by atoms with Gasteiger partial charge in [0.25, 0.3) is 0 Å². The van der Waals surface area contributed by atoms with Crippen LogP contribution >= 0.6 is 0 Å². The van der Waals surface area contributed by atoms with Gasteiger partial charge in [-0.05, 0) is 18.4 Å². The van der Waals surface area contributed by atoms with E-state index in [9.17, 15) is 10.2 Å². The molecule has 1 saturated carbocycles. The molecule has 0 aromatic heterocycles. The van der Waals surface area contributed by atoms with Crippen LogP contribution in [0.1, 0.15) is 37.7 Å². The number of aliphatic hydroxyl groups excluding tert-OH is 1. The summed E-state index contributed by atoms with van der Waals surface area (Å²) in [6.45, 7) is 1.84. The molecule has 0 heterocycles. The first-order valence-electron chi connectivity index (χ1n) is 7.91. The van der Waals surface area contributed by atoms with Crippen molar-refractivity contribution in [2.24, 2.45) is 0 Å². The third-order valence-electron chi connectivity index (χ3n) is 4.04. The summed E-state index contributed by atoms with van der Waals surface area (Å²) in [6.07, 6.45) is 4.60. The van der Waals surface area contributed by atoms with Gasteiger partial charge in [-0.25, -0.2) is 0 Å². The highest BCUT2D eigenvalue weighted by atomic mass is 16.5.